The van der Waals surface area contributed by atoms with E-state index in [2.05, 4.69) is 6.58 Å². The first-order chi connectivity index (χ1) is 8.29. The van der Waals surface area contributed by atoms with Crippen LogP contribution in [0.3, 0.4) is 0 Å². The Morgan fingerprint density at radius 3 is 2.76 bits per heavy atom. The molecule has 1 atom stereocenters. The molecule has 1 aromatic carbocycles. The molecule has 2 rings (SSSR count). The van der Waals surface area contributed by atoms with E-state index >= 15 is 0 Å². The predicted octanol–water partition coefficient (Wildman–Crippen LogP) is 3.62. The summed E-state index contributed by atoms with van der Waals surface area (Å²) in [6.07, 6.45) is 7.42. The Labute approximate surface area is 103 Å². The van der Waals surface area contributed by atoms with Crippen molar-refractivity contribution in [1.29, 1.82) is 0 Å². The average Bonchev–Trinajstić information content (AvgIpc) is 2.39. The molecule has 0 amide bonds. The van der Waals surface area contributed by atoms with Crippen LogP contribution in [0.1, 0.15) is 43.8 Å². The molecule has 1 N–H and O–H groups in total. The Kier molecular flexibility index (Phi) is 4.21. The second-order valence-corrected chi connectivity index (χ2v) is 4.63. The molecule has 1 saturated carbocycles. The van der Waals surface area contributed by atoms with Crippen LogP contribution in [0.2, 0.25) is 0 Å². The van der Waals surface area contributed by atoms with Gasteiger partial charge in [-0.25, -0.2) is 0 Å². The molecule has 1 unspecified atom stereocenters. The molecule has 17 heavy (non-hydrogen) atoms. The maximum atomic E-state index is 9.69. The van der Waals surface area contributed by atoms with Gasteiger partial charge in [0, 0.05) is 0 Å². The van der Waals surface area contributed by atoms with Gasteiger partial charge in [-0.1, -0.05) is 24.6 Å². The van der Waals surface area contributed by atoms with Gasteiger partial charge in [0.15, 0.2) is 0 Å². The second-order valence-electron chi connectivity index (χ2n) is 4.63. The summed E-state index contributed by atoms with van der Waals surface area (Å²) >= 11 is 0. The van der Waals surface area contributed by atoms with E-state index in [1.807, 2.05) is 24.3 Å². The minimum Gasteiger partial charge on any atom is -0.490 e. The topological polar surface area (TPSA) is 29.5 Å². The van der Waals surface area contributed by atoms with Gasteiger partial charge in [0.2, 0.25) is 0 Å². The normalized spacial score (nSPS) is 18.6. The molecule has 1 fully saturated rings. The summed E-state index contributed by atoms with van der Waals surface area (Å²) in [5, 5.41) is 9.69. The van der Waals surface area contributed by atoms with Crippen LogP contribution in [0.25, 0.3) is 0 Å². The molecule has 1 aromatic rings. The highest BCUT2D eigenvalue weighted by atomic mass is 16.5. The van der Waals surface area contributed by atoms with E-state index in [1.54, 1.807) is 0 Å². The molecule has 0 saturated heterocycles. The Bertz CT molecular complexity index is 367. The Morgan fingerprint density at radius 2 is 2.06 bits per heavy atom. The van der Waals surface area contributed by atoms with E-state index in [0.717, 1.165) is 24.2 Å². The highest BCUT2D eigenvalue weighted by Crippen LogP contribution is 2.25. The van der Waals surface area contributed by atoms with Crippen molar-refractivity contribution in [1.82, 2.24) is 0 Å². The van der Waals surface area contributed by atoms with Gasteiger partial charge in [0.1, 0.15) is 5.75 Å². The lowest BCUT2D eigenvalue weighted by Crippen LogP contribution is -2.19. The van der Waals surface area contributed by atoms with E-state index in [1.165, 1.54) is 25.3 Å². The Morgan fingerprint density at radius 1 is 1.29 bits per heavy atom. The highest BCUT2D eigenvalue weighted by molar-refractivity contribution is 5.31. The van der Waals surface area contributed by atoms with Gasteiger partial charge >= 0.3 is 0 Å². The first-order valence-corrected chi connectivity index (χ1v) is 6.37. The summed E-state index contributed by atoms with van der Waals surface area (Å²) in [6, 6.07) is 7.66. The number of ether oxygens (including phenoxy) is 1. The molecule has 1 aliphatic carbocycles. The van der Waals surface area contributed by atoms with Gasteiger partial charge < -0.3 is 9.84 Å². The van der Waals surface area contributed by atoms with Crippen molar-refractivity contribution in [3.63, 3.8) is 0 Å². The minimum absolute atomic E-state index is 0.347. The number of hydrogen-bond acceptors (Lipinski definition) is 2. The summed E-state index contributed by atoms with van der Waals surface area (Å²) in [5.41, 5.74) is 0.841. The molecule has 0 aliphatic heterocycles. The molecule has 2 nitrogen and oxygen atoms in total. The molecular weight excluding hydrogens is 212 g/mol. The first-order valence-electron chi connectivity index (χ1n) is 6.37. The van der Waals surface area contributed by atoms with Crippen LogP contribution in [-0.4, -0.2) is 11.2 Å². The van der Waals surface area contributed by atoms with Crippen molar-refractivity contribution in [2.45, 2.75) is 44.3 Å². The summed E-state index contributed by atoms with van der Waals surface area (Å²) in [4.78, 5) is 0. The zero-order valence-corrected chi connectivity index (χ0v) is 10.1. The zero-order chi connectivity index (χ0) is 12.1. The van der Waals surface area contributed by atoms with Gasteiger partial charge in [-0.2, -0.15) is 0 Å². The largest absolute Gasteiger partial charge is 0.490 e. The SMILES string of the molecule is C=CC(O)c1cccc(OC2CCCCC2)c1. The van der Waals surface area contributed by atoms with Crippen molar-refractivity contribution >= 4 is 0 Å². The van der Waals surface area contributed by atoms with E-state index in [-0.39, 0.29) is 0 Å². The molecule has 0 aromatic heterocycles. The third-order valence-electron chi connectivity index (χ3n) is 3.28. The Balaban J connectivity index is 2.02. The number of aliphatic hydroxyl groups excluding tert-OH is 1. The van der Waals surface area contributed by atoms with E-state index < -0.39 is 6.10 Å². The second kappa shape index (κ2) is 5.87. The molecule has 1 aliphatic rings. The van der Waals surface area contributed by atoms with Crippen LogP contribution in [0.5, 0.6) is 5.75 Å². The van der Waals surface area contributed by atoms with Crippen molar-refractivity contribution in [2.24, 2.45) is 0 Å². The smallest absolute Gasteiger partial charge is 0.120 e. The molecular formula is C15H20O2. The summed E-state index contributed by atoms with van der Waals surface area (Å²) in [6.45, 7) is 3.59. The van der Waals surface area contributed by atoms with E-state index in [4.69, 9.17) is 4.74 Å². The number of rotatable bonds is 4. The maximum Gasteiger partial charge on any atom is 0.120 e. The standard InChI is InChI=1S/C15H20O2/c1-2-15(16)12-7-6-10-14(11-12)17-13-8-4-3-5-9-13/h2,6-7,10-11,13,15-16H,1,3-5,8-9H2. The first kappa shape index (κ1) is 12.2. The number of benzene rings is 1. The van der Waals surface area contributed by atoms with Crippen molar-refractivity contribution < 1.29 is 9.84 Å². The fraction of sp³-hybridized carbons (Fsp3) is 0.467. The third kappa shape index (κ3) is 3.34. The quantitative estimate of drug-likeness (QED) is 0.803. The molecule has 0 radical (unpaired) electrons. The van der Waals surface area contributed by atoms with Gasteiger partial charge in [0.05, 0.1) is 12.2 Å². The van der Waals surface area contributed by atoms with Gasteiger partial charge in [-0.15, -0.1) is 6.58 Å². The number of aliphatic hydroxyl groups is 1. The molecule has 0 heterocycles. The van der Waals surface area contributed by atoms with Gasteiger partial charge in [0.25, 0.3) is 0 Å². The monoisotopic (exact) mass is 232 g/mol. The lowest BCUT2D eigenvalue weighted by atomic mass is 9.98. The fourth-order valence-corrected chi connectivity index (χ4v) is 2.28. The van der Waals surface area contributed by atoms with Crippen molar-refractivity contribution in [3.8, 4) is 5.75 Å². The van der Waals surface area contributed by atoms with Crippen LogP contribution in [0, 0.1) is 0 Å². The molecule has 92 valence electrons. The zero-order valence-electron chi connectivity index (χ0n) is 10.1. The van der Waals surface area contributed by atoms with Crippen molar-refractivity contribution in [3.05, 3.63) is 42.5 Å². The van der Waals surface area contributed by atoms with Crippen LogP contribution >= 0.6 is 0 Å². The van der Waals surface area contributed by atoms with E-state index in [9.17, 15) is 5.11 Å². The maximum absolute atomic E-state index is 9.69. The Hall–Kier alpha value is -1.28. The van der Waals surface area contributed by atoms with Crippen LogP contribution < -0.4 is 4.74 Å². The van der Waals surface area contributed by atoms with Gasteiger partial charge in [-0.05, 0) is 43.4 Å². The lowest BCUT2D eigenvalue weighted by molar-refractivity contribution is 0.154. The van der Waals surface area contributed by atoms with Crippen LogP contribution in [0.15, 0.2) is 36.9 Å². The molecule has 2 heteroatoms. The van der Waals surface area contributed by atoms with Crippen LogP contribution in [-0.2, 0) is 0 Å². The lowest BCUT2D eigenvalue weighted by Gasteiger charge is -2.23. The third-order valence-corrected chi connectivity index (χ3v) is 3.28. The highest BCUT2D eigenvalue weighted by Gasteiger charge is 2.15. The predicted molar refractivity (Wildman–Crippen MR) is 69.1 cm³/mol. The summed E-state index contributed by atoms with van der Waals surface area (Å²) in [7, 11) is 0. The summed E-state index contributed by atoms with van der Waals surface area (Å²) in [5.74, 6) is 0.857. The fourth-order valence-electron chi connectivity index (χ4n) is 2.28. The molecule has 0 bridgehead atoms. The van der Waals surface area contributed by atoms with E-state index in [0.29, 0.717) is 6.10 Å². The van der Waals surface area contributed by atoms with Gasteiger partial charge in [-0.3, -0.25) is 0 Å². The summed E-state index contributed by atoms with van der Waals surface area (Å²) < 4.78 is 5.95. The molecule has 0 spiro atoms. The average molecular weight is 232 g/mol. The van der Waals surface area contributed by atoms with Crippen molar-refractivity contribution in [2.75, 3.05) is 0 Å². The van der Waals surface area contributed by atoms with Crippen LogP contribution in [0.4, 0.5) is 0 Å². The number of hydrogen-bond donors (Lipinski definition) is 1. The minimum atomic E-state index is -0.607.